The summed E-state index contributed by atoms with van der Waals surface area (Å²) in [7, 11) is 2.34. The van der Waals surface area contributed by atoms with E-state index in [9.17, 15) is 14.0 Å². The van der Waals surface area contributed by atoms with Crippen molar-refractivity contribution in [3.8, 4) is 0 Å². The fourth-order valence-corrected chi connectivity index (χ4v) is 1.27. The Morgan fingerprint density at radius 2 is 1.58 bits per heavy atom. The summed E-state index contributed by atoms with van der Waals surface area (Å²) >= 11 is 0. The third kappa shape index (κ3) is 4.39. The summed E-state index contributed by atoms with van der Waals surface area (Å²) in [6.45, 7) is 0. The highest BCUT2D eigenvalue weighted by Crippen LogP contribution is 2.06. The van der Waals surface area contributed by atoms with E-state index in [1.807, 2.05) is 0 Å². The maximum atomic E-state index is 12.7. The lowest BCUT2D eigenvalue weighted by atomic mass is 10.2. The van der Waals surface area contributed by atoms with Crippen LogP contribution < -0.4 is 0 Å². The Morgan fingerprint density at radius 1 is 1.05 bits per heavy atom. The summed E-state index contributed by atoms with van der Waals surface area (Å²) < 4.78 is 21.6. The number of carbonyl (C=O) groups excluding carboxylic acids is 2. The van der Waals surface area contributed by atoms with Crippen molar-refractivity contribution in [2.75, 3.05) is 14.2 Å². The van der Waals surface area contributed by atoms with E-state index in [0.29, 0.717) is 0 Å². The number of benzene rings is 1. The fourth-order valence-electron chi connectivity index (χ4n) is 1.27. The molecule has 0 fully saturated rings. The molecule has 0 N–H and O–H groups in total. The van der Waals surface area contributed by atoms with Crippen molar-refractivity contribution in [1.82, 2.24) is 0 Å². The van der Waals surface area contributed by atoms with Crippen LogP contribution in [0.15, 0.2) is 42.0 Å². The first-order valence-electron chi connectivity index (χ1n) is 5.39. The molecule has 0 radical (unpaired) electrons. The van der Waals surface area contributed by atoms with Crippen LogP contribution in [0.2, 0.25) is 0 Å². The molecule has 19 heavy (non-hydrogen) atoms. The van der Waals surface area contributed by atoms with Gasteiger partial charge in [-0.05, 0) is 23.8 Å². The van der Waals surface area contributed by atoms with Crippen molar-refractivity contribution in [2.45, 2.75) is 0 Å². The van der Waals surface area contributed by atoms with Crippen LogP contribution in [0.25, 0.3) is 6.08 Å². The molecule has 0 amide bonds. The molecule has 0 unspecified atom stereocenters. The molecule has 0 heterocycles. The van der Waals surface area contributed by atoms with Crippen LogP contribution in [-0.4, -0.2) is 26.2 Å². The van der Waals surface area contributed by atoms with Gasteiger partial charge in [-0.1, -0.05) is 24.3 Å². The second-order valence-corrected chi connectivity index (χ2v) is 3.47. The average Bonchev–Trinajstić information content (AvgIpc) is 2.44. The van der Waals surface area contributed by atoms with Crippen LogP contribution in [0.1, 0.15) is 5.56 Å². The number of esters is 2. The number of methoxy groups -OCH3 is 2. The SMILES string of the molecule is COC(=O)C(=C/C=C\c1ccc(F)cc1)C(=O)OC. The first kappa shape index (κ1) is 14.6. The van der Waals surface area contributed by atoms with Crippen LogP contribution in [0.3, 0.4) is 0 Å². The highest BCUT2D eigenvalue weighted by molar-refractivity contribution is 6.14. The van der Waals surface area contributed by atoms with Crippen LogP contribution in [-0.2, 0) is 19.1 Å². The Balaban J connectivity index is 2.88. The standard InChI is InChI=1S/C14H13FO4/c1-18-13(16)12(14(17)19-2)5-3-4-10-6-8-11(15)9-7-10/h3-9H,1-2H3/b4-3-. The predicted octanol–water partition coefficient (Wildman–Crippen LogP) is 2.11. The van der Waals surface area contributed by atoms with Gasteiger partial charge in [-0.25, -0.2) is 14.0 Å². The highest BCUT2D eigenvalue weighted by Gasteiger charge is 2.18. The van der Waals surface area contributed by atoms with E-state index in [1.54, 1.807) is 18.2 Å². The topological polar surface area (TPSA) is 52.6 Å². The average molecular weight is 264 g/mol. The summed E-state index contributed by atoms with van der Waals surface area (Å²) in [5, 5.41) is 0. The van der Waals surface area contributed by atoms with Crippen LogP contribution in [0, 0.1) is 5.82 Å². The third-order valence-corrected chi connectivity index (χ3v) is 2.23. The maximum Gasteiger partial charge on any atom is 0.345 e. The van der Waals surface area contributed by atoms with Crippen molar-refractivity contribution in [1.29, 1.82) is 0 Å². The molecule has 0 spiro atoms. The third-order valence-electron chi connectivity index (χ3n) is 2.23. The monoisotopic (exact) mass is 264 g/mol. The first-order valence-corrected chi connectivity index (χ1v) is 5.39. The van der Waals surface area contributed by atoms with Gasteiger partial charge in [-0.2, -0.15) is 0 Å². The molecule has 0 aliphatic carbocycles. The first-order chi connectivity index (χ1) is 9.08. The predicted molar refractivity (Wildman–Crippen MR) is 67.5 cm³/mol. The molecule has 0 aliphatic heterocycles. The summed E-state index contributed by atoms with van der Waals surface area (Å²) in [6.07, 6.45) is 4.38. The molecule has 0 bridgehead atoms. The number of halogens is 1. The Morgan fingerprint density at radius 3 is 2.05 bits per heavy atom. The summed E-state index contributed by atoms with van der Waals surface area (Å²) in [5.41, 5.74) is 0.509. The second-order valence-electron chi connectivity index (χ2n) is 3.47. The Hall–Kier alpha value is -2.43. The zero-order valence-electron chi connectivity index (χ0n) is 10.6. The zero-order valence-corrected chi connectivity index (χ0v) is 10.6. The summed E-state index contributed by atoms with van der Waals surface area (Å²) in [5.74, 6) is -1.90. The van der Waals surface area contributed by atoms with Crippen molar-refractivity contribution in [3.63, 3.8) is 0 Å². The van der Waals surface area contributed by atoms with Crippen LogP contribution in [0.4, 0.5) is 4.39 Å². The van der Waals surface area contributed by atoms with E-state index < -0.39 is 11.9 Å². The van der Waals surface area contributed by atoms with Crippen molar-refractivity contribution < 1.29 is 23.5 Å². The summed E-state index contributed by atoms with van der Waals surface area (Å²) in [6, 6.07) is 5.75. The molecule has 0 aliphatic rings. The van der Waals surface area contributed by atoms with Crippen molar-refractivity contribution in [2.24, 2.45) is 0 Å². The van der Waals surface area contributed by atoms with Gasteiger partial charge in [-0.15, -0.1) is 0 Å². The minimum atomic E-state index is -0.782. The van der Waals surface area contributed by atoms with Gasteiger partial charge < -0.3 is 9.47 Å². The van der Waals surface area contributed by atoms with Gasteiger partial charge in [0.05, 0.1) is 14.2 Å². The van der Waals surface area contributed by atoms with E-state index in [2.05, 4.69) is 9.47 Å². The molecular weight excluding hydrogens is 251 g/mol. The van der Waals surface area contributed by atoms with Crippen LogP contribution in [0.5, 0.6) is 0 Å². The molecule has 0 aromatic heterocycles. The summed E-state index contributed by atoms with van der Waals surface area (Å²) in [4.78, 5) is 22.6. The number of ether oxygens (including phenoxy) is 2. The van der Waals surface area contributed by atoms with E-state index >= 15 is 0 Å². The molecule has 100 valence electrons. The quantitative estimate of drug-likeness (QED) is 0.275. The van der Waals surface area contributed by atoms with Gasteiger partial charge in [0.25, 0.3) is 0 Å². The lowest BCUT2D eigenvalue weighted by Gasteiger charge is -2.01. The minimum Gasteiger partial charge on any atom is -0.465 e. The number of carbonyl (C=O) groups is 2. The molecule has 0 saturated carbocycles. The molecule has 1 aromatic carbocycles. The van der Waals surface area contributed by atoms with Gasteiger partial charge >= 0.3 is 11.9 Å². The van der Waals surface area contributed by atoms with Gasteiger partial charge in [-0.3, -0.25) is 0 Å². The number of rotatable bonds is 4. The molecule has 1 rings (SSSR count). The van der Waals surface area contributed by atoms with Crippen LogP contribution >= 0.6 is 0 Å². The van der Waals surface area contributed by atoms with Gasteiger partial charge in [0, 0.05) is 0 Å². The Kier molecular flexibility index (Phi) is 5.47. The largest absolute Gasteiger partial charge is 0.465 e. The lowest BCUT2D eigenvalue weighted by molar-refractivity contribution is -0.144. The molecule has 0 saturated heterocycles. The number of allylic oxidation sites excluding steroid dienone is 2. The Labute approximate surface area is 110 Å². The normalized spacial score (nSPS) is 10.1. The Bertz CT molecular complexity index is 497. The van der Waals surface area contributed by atoms with E-state index in [0.717, 1.165) is 5.56 Å². The number of hydrogen-bond acceptors (Lipinski definition) is 4. The fraction of sp³-hybridized carbons (Fsp3) is 0.143. The minimum absolute atomic E-state index is 0.219. The van der Waals surface area contributed by atoms with Gasteiger partial charge in [0.1, 0.15) is 11.4 Å². The molecular formula is C14H13FO4. The maximum absolute atomic E-state index is 12.7. The molecule has 5 heteroatoms. The molecule has 0 atom stereocenters. The zero-order chi connectivity index (χ0) is 14.3. The van der Waals surface area contributed by atoms with Crippen molar-refractivity contribution in [3.05, 3.63) is 53.4 Å². The van der Waals surface area contributed by atoms with E-state index in [-0.39, 0.29) is 11.4 Å². The van der Waals surface area contributed by atoms with E-state index in [1.165, 1.54) is 38.5 Å². The number of hydrogen-bond donors (Lipinski definition) is 0. The van der Waals surface area contributed by atoms with E-state index in [4.69, 9.17) is 0 Å². The van der Waals surface area contributed by atoms with Gasteiger partial charge in [0.2, 0.25) is 0 Å². The lowest BCUT2D eigenvalue weighted by Crippen LogP contribution is -2.15. The molecule has 1 aromatic rings. The van der Waals surface area contributed by atoms with Gasteiger partial charge in [0.15, 0.2) is 0 Å². The second kappa shape index (κ2) is 7.10. The smallest absolute Gasteiger partial charge is 0.345 e. The van der Waals surface area contributed by atoms with Crippen molar-refractivity contribution >= 4 is 18.0 Å². The highest BCUT2D eigenvalue weighted by atomic mass is 19.1. The molecule has 4 nitrogen and oxygen atoms in total.